The van der Waals surface area contributed by atoms with Crippen LogP contribution in [-0.4, -0.2) is 41.6 Å². The lowest BCUT2D eigenvalue weighted by Gasteiger charge is -2.27. The van der Waals surface area contributed by atoms with Gasteiger partial charge in [-0.3, -0.25) is 0 Å². The molecule has 1 rings (SSSR count). The minimum absolute atomic E-state index is 0.144. The Morgan fingerprint density at radius 2 is 2.05 bits per heavy atom. The third kappa shape index (κ3) is 5.09. The van der Waals surface area contributed by atoms with Crippen LogP contribution in [0.5, 0.6) is 0 Å². The summed E-state index contributed by atoms with van der Waals surface area (Å²) in [4.78, 5) is 1.99. The van der Waals surface area contributed by atoms with Crippen LogP contribution in [0.25, 0.3) is 0 Å². The zero-order chi connectivity index (χ0) is 14.4. The van der Waals surface area contributed by atoms with E-state index < -0.39 is 17.7 Å². The van der Waals surface area contributed by atoms with Gasteiger partial charge in [-0.1, -0.05) is 6.07 Å². The molecule has 0 bridgehead atoms. The maximum atomic E-state index is 13.5. The minimum Gasteiger partial charge on any atom is -0.387 e. The molecule has 0 aliphatic carbocycles. The number of benzene rings is 1. The third-order valence-corrected chi connectivity index (χ3v) is 3.92. The van der Waals surface area contributed by atoms with Gasteiger partial charge in [0, 0.05) is 24.2 Å². The van der Waals surface area contributed by atoms with Crippen molar-refractivity contribution in [2.75, 3.05) is 25.6 Å². The van der Waals surface area contributed by atoms with Gasteiger partial charge in [0.25, 0.3) is 0 Å². The number of rotatable bonds is 7. The molecule has 0 heterocycles. The van der Waals surface area contributed by atoms with Gasteiger partial charge in [0.15, 0.2) is 0 Å². The van der Waals surface area contributed by atoms with Crippen LogP contribution in [0.15, 0.2) is 18.2 Å². The highest BCUT2D eigenvalue weighted by Crippen LogP contribution is 2.20. The maximum absolute atomic E-state index is 13.5. The molecule has 0 aliphatic rings. The fourth-order valence-electron chi connectivity index (χ4n) is 1.83. The highest BCUT2D eigenvalue weighted by Gasteiger charge is 2.18. The summed E-state index contributed by atoms with van der Waals surface area (Å²) in [5, 5.41) is 10.0. The van der Waals surface area contributed by atoms with Crippen molar-refractivity contribution in [3.63, 3.8) is 0 Å². The molecular formula is C14H21F2NOS. The number of hydrogen-bond donors (Lipinski definition) is 1. The van der Waals surface area contributed by atoms with E-state index in [0.717, 1.165) is 18.2 Å². The number of aliphatic hydroxyl groups is 1. The molecule has 1 aromatic carbocycles. The predicted octanol–water partition coefficient (Wildman–Crippen LogP) is 3.07. The number of thioether (sulfide) groups is 1. The molecule has 2 nitrogen and oxygen atoms in total. The Bertz CT molecular complexity index is 403. The second-order valence-electron chi connectivity index (χ2n) is 4.75. The van der Waals surface area contributed by atoms with Crippen LogP contribution in [0.2, 0.25) is 0 Å². The minimum atomic E-state index is -0.942. The molecule has 0 saturated carbocycles. The molecule has 0 amide bonds. The van der Waals surface area contributed by atoms with Crippen molar-refractivity contribution in [3.05, 3.63) is 35.4 Å². The van der Waals surface area contributed by atoms with Crippen molar-refractivity contribution in [2.45, 2.75) is 25.5 Å². The molecule has 19 heavy (non-hydrogen) atoms. The van der Waals surface area contributed by atoms with Gasteiger partial charge in [-0.05, 0) is 38.5 Å². The first-order chi connectivity index (χ1) is 8.95. The summed E-state index contributed by atoms with van der Waals surface area (Å²) in [5.41, 5.74) is 0.144. The standard InChI is InChI=1S/C14H21F2NOS/c1-10(6-7-19-3)17(2)9-14(18)12-5-4-11(15)8-13(12)16/h4-5,8,10,14,18H,6-7,9H2,1-3H3. The largest absolute Gasteiger partial charge is 0.387 e. The lowest BCUT2D eigenvalue weighted by Crippen LogP contribution is -2.33. The molecule has 0 saturated heterocycles. The fourth-order valence-corrected chi connectivity index (χ4v) is 2.41. The highest BCUT2D eigenvalue weighted by molar-refractivity contribution is 7.98. The molecule has 0 aromatic heterocycles. The number of halogens is 2. The van der Waals surface area contributed by atoms with Gasteiger partial charge in [-0.25, -0.2) is 8.78 Å². The molecule has 108 valence electrons. The van der Waals surface area contributed by atoms with Crippen LogP contribution in [0.1, 0.15) is 25.0 Å². The molecule has 0 aliphatic heterocycles. The zero-order valence-corrected chi connectivity index (χ0v) is 12.4. The number of hydrogen-bond acceptors (Lipinski definition) is 3. The van der Waals surface area contributed by atoms with Crippen LogP contribution < -0.4 is 0 Å². The quantitative estimate of drug-likeness (QED) is 0.834. The topological polar surface area (TPSA) is 23.5 Å². The maximum Gasteiger partial charge on any atom is 0.131 e. The van der Waals surface area contributed by atoms with Gasteiger partial charge >= 0.3 is 0 Å². The second-order valence-corrected chi connectivity index (χ2v) is 5.74. The van der Waals surface area contributed by atoms with E-state index in [1.165, 1.54) is 12.1 Å². The number of aliphatic hydroxyl groups excluding tert-OH is 1. The first-order valence-corrected chi connectivity index (χ1v) is 7.67. The van der Waals surface area contributed by atoms with E-state index in [1.54, 1.807) is 11.8 Å². The predicted molar refractivity (Wildman–Crippen MR) is 76.4 cm³/mol. The van der Waals surface area contributed by atoms with Gasteiger partial charge in [0.05, 0.1) is 6.10 Å². The van der Waals surface area contributed by atoms with E-state index >= 15 is 0 Å². The molecule has 1 N–H and O–H groups in total. The molecular weight excluding hydrogens is 268 g/mol. The summed E-state index contributed by atoms with van der Waals surface area (Å²) in [6.07, 6.45) is 2.12. The molecule has 2 unspecified atom stereocenters. The van der Waals surface area contributed by atoms with Crippen molar-refractivity contribution in [1.82, 2.24) is 4.90 Å². The van der Waals surface area contributed by atoms with Crippen molar-refractivity contribution >= 4 is 11.8 Å². The molecule has 0 fully saturated rings. The highest BCUT2D eigenvalue weighted by atomic mass is 32.2. The Morgan fingerprint density at radius 1 is 1.37 bits per heavy atom. The van der Waals surface area contributed by atoms with Gasteiger partial charge in [0.2, 0.25) is 0 Å². The van der Waals surface area contributed by atoms with E-state index in [2.05, 4.69) is 13.2 Å². The van der Waals surface area contributed by atoms with Crippen LogP contribution in [-0.2, 0) is 0 Å². The van der Waals surface area contributed by atoms with E-state index in [0.29, 0.717) is 12.6 Å². The van der Waals surface area contributed by atoms with Crippen LogP contribution >= 0.6 is 11.8 Å². The van der Waals surface area contributed by atoms with Crippen LogP contribution in [0.4, 0.5) is 8.78 Å². The molecule has 5 heteroatoms. The Hall–Kier alpha value is -0.650. The Balaban J connectivity index is 2.60. The van der Waals surface area contributed by atoms with Crippen molar-refractivity contribution < 1.29 is 13.9 Å². The summed E-state index contributed by atoms with van der Waals surface area (Å²) in [6, 6.07) is 3.58. The van der Waals surface area contributed by atoms with Gasteiger partial charge in [-0.15, -0.1) is 0 Å². The first-order valence-electron chi connectivity index (χ1n) is 6.28. The normalized spacial score (nSPS) is 14.7. The summed E-state index contributed by atoms with van der Waals surface area (Å²) >= 11 is 1.78. The van der Waals surface area contributed by atoms with Crippen LogP contribution in [0.3, 0.4) is 0 Å². The van der Waals surface area contributed by atoms with E-state index in [-0.39, 0.29) is 5.56 Å². The monoisotopic (exact) mass is 289 g/mol. The Morgan fingerprint density at radius 3 is 2.63 bits per heavy atom. The SMILES string of the molecule is CSCCC(C)N(C)CC(O)c1ccc(F)cc1F. The van der Waals surface area contributed by atoms with Gasteiger partial charge in [0.1, 0.15) is 11.6 Å². The average Bonchev–Trinajstić information content (AvgIpc) is 2.35. The van der Waals surface area contributed by atoms with Gasteiger partial charge in [-0.2, -0.15) is 11.8 Å². The van der Waals surface area contributed by atoms with Crippen molar-refractivity contribution in [2.24, 2.45) is 0 Å². The molecule has 1 aromatic rings. The van der Waals surface area contributed by atoms with Crippen molar-refractivity contribution in [3.8, 4) is 0 Å². The van der Waals surface area contributed by atoms with Crippen molar-refractivity contribution in [1.29, 1.82) is 0 Å². The summed E-state index contributed by atoms with van der Waals surface area (Å²) in [5.74, 6) is -0.278. The van der Waals surface area contributed by atoms with Gasteiger partial charge < -0.3 is 10.0 Å². The smallest absolute Gasteiger partial charge is 0.131 e. The lowest BCUT2D eigenvalue weighted by molar-refractivity contribution is 0.104. The van der Waals surface area contributed by atoms with E-state index in [1.807, 2.05) is 11.9 Å². The van der Waals surface area contributed by atoms with E-state index in [9.17, 15) is 13.9 Å². The zero-order valence-electron chi connectivity index (χ0n) is 11.6. The summed E-state index contributed by atoms with van der Waals surface area (Å²) in [7, 11) is 1.90. The third-order valence-electron chi connectivity index (χ3n) is 3.27. The number of likely N-dealkylation sites (N-methyl/N-ethyl adjacent to an activating group) is 1. The Kier molecular flexibility index (Phi) is 6.75. The average molecular weight is 289 g/mol. The fraction of sp³-hybridized carbons (Fsp3) is 0.571. The molecule has 0 spiro atoms. The number of nitrogens with zero attached hydrogens (tertiary/aromatic N) is 1. The first kappa shape index (κ1) is 16.4. The lowest BCUT2D eigenvalue weighted by atomic mass is 10.1. The Labute approximate surface area is 117 Å². The van der Waals surface area contributed by atoms with Crippen LogP contribution in [0, 0.1) is 11.6 Å². The molecule has 0 radical (unpaired) electrons. The summed E-state index contributed by atoms with van der Waals surface area (Å²) < 4.78 is 26.3. The summed E-state index contributed by atoms with van der Waals surface area (Å²) in [6.45, 7) is 2.40. The second kappa shape index (κ2) is 7.82. The molecule has 2 atom stereocenters. The van der Waals surface area contributed by atoms with E-state index in [4.69, 9.17) is 0 Å².